The smallest absolute Gasteiger partial charge is 0.319 e. The first-order chi connectivity index (χ1) is 11.1. The van der Waals surface area contributed by atoms with Crippen molar-refractivity contribution < 1.29 is 14.3 Å². The molecule has 0 heterocycles. The number of nitrogens with one attached hydrogen (secondary N) is 3. The van der Waals surface area contributed by atoms with E-state index in [4.69, 9.17) is 4.74 Å². The normalized spacial score (nSPS) is 9.83. The van der Waals surface area contributed by atoms with Crippen LogP contribution in [0.5, 0.6) is 5.75 Å². The third-order valence-electron chi connectivity index (χ3n) is 3.06. The number of ether oxygens (including phenoxy) is 1. The van der Waals surface area contributed by atoms with Crippen molar-refractivity contribution in [3.8, 4) is 5.75 Å². The molecule has 0 aliphatic carbocycles. The molecule has 0 saturated heterocycles. The topological polar surface area (TPSA) is 79.5 Å². The molecule has 6 nitrogen and oxygen atoms in total. The molecule has 3 amide bonds. The molecule has 2 aromatic carbocycles. The molecule has 23 heavy (non-hydrogen) atoms. The van der Waals surface area contributed by atoms with E-state index in [1.807, 2.05) is 36.4 Å². The van der Waals surface area contributed by atoms with Crippen LogP contribution in [0.2, 0.25) is 0 Å². The van der Waals surface area contributed by atoms with Gasteiger partial charge in [0.05, 0.1) is 12.8 Å². The second kappa shape index (κ2) is 7.84. The van der Waals surface area contributed by atoms with Crippen molar-refractivity contribution >= 4 is 23.3 Å². The fourth-order valence-electron chi connectivity index (χ4n) is 2.03. The van der Waals surface area contributed by atoms with Gasteiger partial charge in [0.2, 0.25) is 5.91 Å². The lowest BCUT2D eigenvalue weighted by molar-refractivity contribution is -0.114. The van der Waals surface area contributed by atoms with Crippen LogP contribution >= 0.6 is 0 Å². The Hall–Kier alpha value is -3.02. The lowest BCUT2D eigenvalue weighted by atomic mass is 10.2. The Labute approximate surface area is 134 Å². The number of hydrogen-bond donors (Lipinski definition) is 3. The van der Waals surface area contributed by atoms with E-state index in [-0.39, 0.29) is 11.9 Å². The van der Waals surface area contributed by atoms with Crippen LogP contribution in [0, 0.1) is 0 Å². The highest BCUT2D eigenvalue weighted by Crippen LogP contribution is 2.25. The maximum Gasteiger partial charge on any atom is 0.319 e. The van der Waals surface area contributed by atoms with Crippen LogP contribution in [0.4, 0.5) is 16.2 Å². The summed E-state index contributed by atoms with van der Waals surface area (Å²) in [7, 11) is 1.53. The van der Waals surface area contributed by atoms with Gasteiger partial charge in [0.1, 0.15) is 5.75 Å². The zero-order valence-electron chi connectivity index (χ0n) is 13.1. The molecule has 0 aliphatic heterocycles. The van der Waals surface area contributed by atoms with Gasteiger partial charge in [-0.3, -0.25) is 4.79 Å². The Morgan fingerprint density at radius 2 is 1.78 bits per heavy atom. The van der Waals surface area contributed by atoms with Gasteiger partial charge in [-0.2, -0.15) is 0 Å². The maximum absolute atomic E-state index is 11.9. The largest absolute Gasteiger partial charge is 0.495 e. The van der Waals surface area contributed by atoms with Gasteiger partial charge in [-0.25, -0.2) is 4.79 Å². The van der Waals surface area contributed by atoms with E-state index in [0.29, 0.717) is 18.0 Å². The van der Waals surface area contributed by atoms with Crippen LogP contribution in [0.25, 0.3) is 0 Å². The quantitative estimate of drug-likeness (QED) is 0.794. The fraction of sp³-hybridized carbons (Fsp3) is 0.176. The molecule has 6 heteroatoms. The number of methoxy groups -OCH3 is 1. The average Bonchev–Trinajstić information content (AvgIpc) is 2.53. The van der Waals surface area contributed by atoms with Crippen LogP contribution < -0.4 is 20.7 Å². The van der Waals surface area contributed by atoms with Crippen molar-refractivity contribution in [2.45, 2.75) is 13.5 Å². The summed E-state index contributed by atoms with van der Waals surface area (Å²) in [5, 5.41) is 8.20. The molecule has 0 saturated carbocycles. The SMILES string of the molecule is COc1ccc(CNC(=O)Nc2ccccc2)cc1NC(C)=O. The number of para-hydroxylation sites is 1. The molecule has 2 rings (SSSR count). The Morgan fingerprint density at radius 3 is 2.43 bits per heavy atom. The van der Waals surface area contributed by atoms with E-state index < -0.39 is 0 Å². The Morgan fingerprint density at radius 1 is 1.04 bits per heavy atom. The molecule has 0 unspecified atom stereocenters. The third-order valence-corrected chi connectivity index (χ3v) is 3.06. The van der Waals surface area contributed by atoms with Crippen LogP contribution in [-0.2, 0) is 11.3 Å². The summed E-state index contributed by atoms with van der Waals surface area (Å²) < 4.78 is 5.19. The molecule has 120 valence electrons. The lowest BCUT2D eigenvalue weighted by Gasteiger charge is -2.12. The average molecular weight is 313 g/mol. The summed E-state index contributed by atoms with van der Waals surface area (Å²) >= 11 is 0. The lowest BCUT2D eigenvalue weighted by Crippen LogP contribution is -2.28. The summed E-state index contributed by atoms with van der Waals surface area (Å²) in [5.41, 5.74) is 2.14. The van der Waals surface area contributed by atoms with Gasteiger partial charge in [-0.15, -0.1) is 0 Å². The molecule has 3 N–H and O–H groups in total. The number of benzene rings is 2. The van der Waals surface area contributed by atoms with Gasteiger partial charge >= 0.3 is 6.03 Å². The van der Waals surface area contributed by atoms with Crippen molar-refractivity contribution in [2.75, 3.05) is 17.7 Å². The number of urea groups is 1. The van der Waals surface area contributed by atoms with E-state index in [2.05, 4.69) is 16.0 Å². The Bertz CT molecular complexity index is 687. The van der Waals surface area contributed by atoms with Crippen LogP contribution in [0.3, 0.4) is 0 Å². The van der Waals surface area contributed by atoms with E-state index in [1.54, 1.807) is 12.1 Å². The number of carbonyl (C=O) groups is 2. The van der Waals surface area contributed by atoms with Gasteiger partial charge in [0, 0.05) is 19.2 Å². The molecule has 0 bridgehead atoms. The third kappa shape index (κ3) is 5.03. The minimum absolute atomic E-state index is 0.185. The Balaban J connectivity index is 1.97. The van der Waals surface area contributed by atoms with E-state index in [1.165, 1.54) is 14.0 Å². The van der Waals surface area contributed by atoms with Crippen molar-refractivity contribution in [1.82, 2.24) is 5.32 Å². The first kappa shape index (κ1) is 16.4. The van der Waals surface area contributed by atoms with Gasteiger partial charge in [0.25, 0.3) is 0 Å². The number of carbonyl (C=O) groups excluding carboxylic acids is 2. The minimum Gasteiger partial charge on any atom is -0.495 e. The summed E-state index contributed by atoms with van der Waals surface area (Å²) in [5.74, 6) is 0.382. The van der Waals surface area contributed by atoms with Gasteiger partial charge in [-0.05, 0) is 29.8 Å². The number of hydrogen-bond acceptors (Lipinski definition) is 3. The second-order valence-corrected chi connectivity index (χ2v) is 4.89. The van der Waals surface area contributed by atoms with E-state index >= 15 is 0 Å². The summed E-state index contributed by atoms with van der Waals surface area (Å²) in [6.07, 6.45) is 0. The first-order valence-electron chi connectivity index (χ1n) is 7.13. The second-order valence-electron chi connectivity index (χ2n) is 4.89. The summed E-state index contributed by atoms with van der Waals surface area (Å²) in [6.45, 7) is 1.76. The van der Waals surface area contributed by atoms with Crippen LogP contribution in [-0.4, -0.2) is 19.0 Å². The maximum atomic E-state index is 11.9. The van der Waals surface area contributed by atoms with Crippen LogP contribution in [0.15, 0.2) is 48.5 Å². The molecule has 0 aliphatic rings. The molecule has 2 aromatic rings. The van der Waals surface area contributed by atoms with Crippen molar-refractivity contribution in [3.63, 3.8) is 0 Å². The minimum atomic E-state index is -0.298. The zero-order chi connectivity index (χ0) is 16.7. The molecule has 0 aromatic heterocycles. The van der Waals surface area contributed by atoms with Crippen molar-refractivity contribution in [1.29, 1.82) is 0 Å². The van der Waals surface area contributed by atoms with Gasteiger partial charge in [0.15, 0.2) is 0 Å². The molecular weight excluding hydrogens is 294 g/mol. The molecule has 0 radical (unpaired) electrons. The van der Waals surface area contributed by atoms with Gasteiger partial charge < -0.3 is 20.7 Å². The number of anilines is 2. The van der Waals surface area contributed by atoms with Crippen molar-refractivity contribution in [2.24, 2.45) is 0 Å². The van der Waals surface area contributed by atoms with E-state index in [0.717, 1.165) is 11.3 Å². The standard InChI is InChI=1S/C17H19N3O3/c1-12(21)19-15-10-13(8-9-16(15)23-2)11-18-17(22)20-14-6-4-3-5-7-14/h3-10H,11H2,1-2H3,(H,19,21)(H2,18,20,22). The van der Waals surface area contributed by atoms with E-state index in [9.17, 15) is 9.59 Å². The molecule has 0 atom stereocenters. The van der Waals surface area contributed by atoms with Crippen LogP contribution in [0.1, 0.15) is 12.5 Å². The summed E-state index contributed by atoms with van der Waals surface area (Å²) in [6, 6.07) is 14.2. The molecule has 0 fully saturated rings. The number of rotatable bonds is 5. The highest BCUT2D eigenvalue weighted by atomic mass is 16.5. The predicted octanol–water partition coefficient (Wildman–Crippen LogP) is 2.98. The first-order valence-corrected chi connectivity index (χ1v) is 7.13. The monoisotopic (exact) mass is 313 g/mol. The highest BCUT2D eigenvalue weighted by molar-refractivity contribution is 5.91. The van der Waals surface area contributed by atoms with Crippen molar-refractivity contribution in [3.05, 3.63) is 54.1 Å². The summed E-state index contributed by atoms with van der Waals surface area (Å²) in [4.78, 5) is 23.1. The molecule has 0 spiro atoms. The Kier molecular flexibility index (Phi) is 5.57. The highest BCUT2D eigenvalue weighted by Gasteiger charge is 2.07. The predicted molar refractivity (Wildman–Crippen MR) is 89.6 cm³/mol. The van der Waals surface area contributed by atoms with Gasteiger partial charge in [-0.1, -0.05) is 24.3 Å². The number of amides is 3. The molecular formula is C17H19N3O3. The zero-order valence-corrected chi connectivity index (χ0v) is 13.1. The fourth-order valence-corrected chi connectivity index (χ4v) is 2.03.